The van der Waals surface area contributed by atoms with E-state index in [1.807, 2.05) is 0 Å². The summed E-state index contributed by atoms with van der Waals surface area (Å²) in [6.45, 7) is 1.91. The van der Waals surface area contributed by atoms with Crippen molar-refractivity contribution < 1.29 is 19.8 Å². The molecule has 2 N–H and O–H groups in total. The highest BCUT2D eigenvalue weighted by Gasteiger charge is 2.08. The first-order valence-corrected chi connectivity index (χ1v) is 3.56. The van der Waals surface area contributed by atoms with E-state index in [1.54, 1.807) is 6.92 Å². The number of rotatable bonds is 5. The third-order valence-corrected chi connectivity index (χ3v) is 1.17. The number of hydrogen-bond acceptors (Lipinski definition) is 6. The van der Waals surface area contributed by atoms with Crippen molar-refractivity contribution >= 4 is 5.97 Å². The van der Waals surface area contributed by atoms with Gasteiger partial charge in [-0.25, -0.2) is 5.23 Å². The van der Waals surface area contributed by atoms with Gasteiger partial charge in [-0.3, -0.25) is 4.79 Å². The molecule has 0 saturated heterocycles. The van der Waals surface area contributed by atoms with Crippen molar-refractivity contribution in [3.8, 4) is 0 Å². The van der Waals surface area contributed by atoms with Gasteiger partial charge < -0.3 is 20.3 Å². The minimum absolute atomic E-state index is 0.0890. The molecular weight excluding hydrogens is 166 g/mol. The van der Waals surface area contributed by atoms with Crippen molar-refractivity contribution in [2.45, 2.75) is 26.0 Å². The highest BCUT2D eigenvalue weighted by atomic mass is 16.8. The van der Waals surface area contributed by atoms with Gasteiger partial charge in [0, 0.05) is 6.42 Å². The Labute approximate surface area is 69.9 Å². The van der Waals surface area contributed by atoms with Gasteiger partial charge in [0.25, 0.3) is 0 Å². The van der Waals surface area contributed by atoms with Crippen molar-refractivity contribution in [1.29, 1.82) is 0 Å². The van der Waals surface area contributed by atoms with Gasteiger partial charge in [-0.1, -0.05) is 0 Å². The molecular formula is C6H12NO5-. The molecule has 0 spiro atoms. The lowest BCUT2D eigenvalue weighted by molar-refractivity contribution is -0.166. The lowest BCUT2D eigenvalue weighted by atomic mass is 10.3. The summed E-state index contributed by atoms with van der Waals surface area (Å²) >= 11 is 0. The standard InChI is InChI=1S/C6H12NO5/c1-2-12-6(9)4-3-5(8)7(10)11/h5,8,10H,2-4H2,1H3/q-1. The first-order valence-electron chi connectivity index (χ1n) is 3.56. The van der Waals surface area contributed by atoms with E-state index in [0.29, 0.717) is 0 Å². The number of esters is 1. The molecule has 72 valence electrons. The third-order valence-electron chi connectivity index (χ3n) is 1.17. The van der Waals surface area contributed by atoms with Crippen LogP contribution in [0.4, 0.5) is 0 Å². The predicted octanol–water partition coefficient (Wildman–Crippen LogP) is -0.163. The van der Waals surface area contributed by atoms with Gasteiger partial charge >= 0.3 is 5.97 Å². The van der Waals surface area contributed by atoms with Crippen LogP contribution in [0.1, 0.15) is 19.8 Å². The summed E-state index contributed by atoms with van der Waals surface area (Å²) in [5, 5.41) is 26.2. The molecule has 0 aromatic heterocycles. The maximum atomic E-state index is 10.6. The summed E-state index contributed by atoms with van der Waals surface area (Å²) in [4.78, 5) is 10.6. The molecule has 6 heteroatoms. The third kappa shape index (κ3) is 5.03. The van der Waals surface area contributed by atoms with Crippen LogP contribution in [0.15, 0.2) is 0 Å². The maximum absolute atomic E-state index is 10.6. The number of ether oxygens (including phenoxy) is 1. The van der Waals surface area contributed by atoms with Gasteiger partial charge in [0.1, 0.15) is 6.23 Å². The number of nitrogens with zero attached hydrogens (tertiary/aromatic N) is 1. The number of aliphatic hydroxyl groups is 1. The number of carbonyl (C=O) groups excluding carboxylic acids is 1. The molecule has 0 aliphatic carbocycles. The molecule has 0 radical (unpaired) electrons. The van der Waals surface area contributed by atoms with Crippen LogP contribution in [-0.4, -0.2) is 34.3 Å². The Hall–Kier alpha value is -0.690. The molecule has 0 saturated carbocycles. The minimum atomic E-state index is -1.56. The molecule has 1 atom stereocenters. The Morgan fingerprint density at radius 2 is 2.33 bits per heavy atom. The summed E-state index contributed by atoms with van der Waals surface area (Å²) in [6.07, 6.45) is -1.79. The van der Waals surface area contributed by atoms with Crippen LogP contribution in [0.25, 0.3) is 0 Å². The SMILES string of the molecule is CCOC(=O)CCC(O)N([O-])O. The van der Waals surface area contributed by atoms with Gasteiger partial charge in [-0.05, 0) is 13.3 Å². The second kappa shape index (κ2) is 5.90. The quantitative estimate of drug-likeness (QED) is 0.345. The van der Waals surface area contributed by atoms with Crippen molar-refractivity contribution in [2.24, 2.45) is 0 Å². The molecule has 0 aliphatic rings. The lowest BCUT2D eigenvalue weighted by Gasteiger charge is -2.25. The summed E-state index contributed by atoms with van der Waals surface area (Å²) in [6, 6.07) is 0. The lowest BCUT2D eigenvalue weighted by Crippen LogP contribution is -2.27. The van der Waals surface area contributed by atoms with Crippen molar-refractivity contribution in [3.05, 3.63) is 5.21 Å². The van der Waals surface area contributed by atoms with Gasteiger partial charge in [-0.2, -0.15) is 0 Å². The number of hydroxylamine groups is 2. The van der Waals surface area contributed by atoms with Crippen LogP contribution in [0, 0.1) is 5.21 Å². The molecule has 0 amide bonds. The fourth-order valence-corrected chi connectivity index (χ4v) is 0.591. The van der Waals surface area contributed by atoms with E-state index in [4.69, 9.17) is 10.3 Å². The highest BCUT2D eigenvalue weighted by Crippen LogP contribution is 2.01. The summed E-state index contributed by atoms with van der Waals surface area (Å²) in [7, 11) is 0. The Morgan fingerprint density at radius 1 is 1.75 bits per heavy atom. The predicted molar refractivity (Wildman–Crippen MR) is 38.9 cm³/mol. The van der Waals surface area contributed by atoms with E-state index in [9.17, 15) is 10.0 Å². The summed E-state index contributed by atoms with van der Waals surface area (Å²) in [5.74, 6) is -0.501. The van der Waals surface area contributed by atoms with Crippen LogP contribution < -0.4 is 0 Å². The van der Waals surface area contributed by atoms with Crippen LogP contribution in [0.3, 0.4) is 0 Å². The van der Waals surface area contributed by atoms with E-state index in [1.165, 1.54) is 0 Å². The molecule has 1 unspecified atom stereocenters. The highest BCUT2D eigenvalue weighted by molar-refractivity contribution is 5.69. The Bertz CT molecular complexity index is 138. The van der Waals surface area contributed by atoms with Crippen LogP contribution in [0.2, 0.25) is 0 Å². The fourth-order valence-electron chi connectivity index (χ4n) is 0.591. The molecule has 0 bridgehead atoms. The van der Waals surface area contributed by atoms with Crippen molar-refractivity contribution in [1.82, 2.24) is 5.23 Å². The molecule has 0 aromatic rings. The van der Waals surface area contributed by atoms with Gasteiger partial charge in [0.2, 0.25) is 0 Å². The van der Waals surface area contributed by atoms with Crippen LogP contribution >= 0.6 is 0 Å². The van der Waals surface area contributed by atoms with E-state index in [-0.39, 0.29) is 19.4 Å². The Morgan fingerprint density at radius 3 is 2.75 bits per heavy atom. The molecule has 0 fully saturated rings. The maximum Gasteiger partial charge on any atom is 0.305 e. The average molecular weight is 178 g/mol. The zero-order valence-electron chi connectivity index (χ0n) is 6.77. The number of hydrogen-bond donors (Lipinski definition) is 2. The van der Waals surface area contributed by atoms with Gasteiger partial charge in [-0.15, -0.1) is 0 Å². The first kappa shape index (κ1) is 11.3. The average Bonchev–Trinajstić information content (AvgIpc) is 2.00. The zero-order valence-corrected chi connectivity index (χ0v) is 6.77. The second-order valence-corrected chi connectivity index (χ2v) is 2.13. The molecule has 0 heterocycles. The zero-order chi connectivity index (χ0) is 9.56. The number of aliphatic hydroxyl groups excluding tert-OH is 1. The Kier molecular flexibility index (Phi) is 5.56. The topological polar surface area (TPSA) is 93.1 Å². The van der Waals surface area contributed by atoms with E-state index < -0.39 is 17.4 Å². The van der Waals surface area contributed by atoms with E-state index >= 15 is 0 Å². The van der Waals surface area contributed by atoms with E-state index in [2.05, 4.69) is 4.74 Å². The summed E-state index contributed by atoms with van der Waals surface area (Å²) in [5.41, 5.74) is 0. The smallest absolute Gasteiger partial charge is 0.305 e. The molecule has 6 nitrogen and oxygen atoms in total. The molecule has 12 heavy (non-hydrogen) atoms. The van der Waals surface area contributed by atoms with Crippen LogP contribution in [0.5, 0.6) is 0 Å². The van der Waals surface area contributed by atoms with Crippen molar-refractivity contribution in [2.75, 3.05) is 6.61 Å². The Balaban J connectivity index is 3.47. The first-order chi connectivity index (χ1) is 5.57. The van der Waals surface area contributed by atoms with Crippen LogP contribution in [-0.2, 0) is 9.53 Å². The fraction of sp³-hybridized carbons (Fsp3) is 0.833. The largest absolute Gasteiger partial charge is 0.760 e. The monoisotopic (exact) mass is 178 g/mol. The van der Waals surface area contributed by atoms with Crippen molar-refractivity contribution in [3.63, 3.8) is 0 Å². The molecule has 0 rings (SSSR count). The van der Waals surface area contributed by atoms with Gasteiger partial charge in [0.05, 0.1) is 6.61 Å². The molecule has 0 aromatic carbocycles. The van der Waals surface area contributed by atoms with E-state index in [0.717, 1.165) is 0 Å². The van der Waals surface area contributed by atoms with Gasteiger partial charge in [0.15, 0.2) is 0 Å². The normalized spacial score (nSPS) is 13.1. The number of carbonyl (C=O) groups is 1. The summed E-state index contributed by atoms with van der Waals surface area (Å²) < 4.78 is 4.52. The minimum Gasteiger partial charge on any atom is -0.760 e. The second-order valence-electron chi connectivity index (χ2n) is 2.13. The molecule has 0 aliphatic heterocycles.